The first-order valence-corrected chi connectivity index (χ1v) is 8.42. The van der Waals surface area contributed by atoms with Gasteiger partial charge in [-0.25, -0.2) is 0 Å². The number of hydrogen-bond acceptors (Lipinski definition) is 2. The largest absolute Gasteiger partial charge is 0.294 e. The molecule has 0 spiro atoms. The Morgan fingerprint density at radius 1 is 1.20 bits per heavy atom. The lowest BCUT2D eigenvalue weighted by Gasteiger charge is -2.03. The topological polar surface area (TPSA) is 17.1 Å². The number of benzene rings is 2. The van der Waals surface area contributed by atoms with Crippen LogP contribution in [-0.2, 0) is 6.42 Å². The molecule has 2 aromatic carbocycles. The molecule has 1 nitrogen and oxygen atoms in total. The predicted molar refractivity (Wildman–Crippen MR) is 94.0 cm³/mol. The van der Waals surface area contributed by atoms with E-state index in [1.54, 1.807) is 17.4 Å². The van der Waals surface area contributed by atoms with Crippen LogP contribution in [0.15, 0.2) is 47.8 Å². The molecule has 0 saturated heterocycles. The fraction of sp³-hybridized carbons (Fsp3) is 0.0625. The Morgan fingerprint density at radius 2 is 2.00 bits per heavy atom. The smallest absolute Gasteiger partial charge is 0.167 e. The van der Waals surface area contributed by atoms with Crippen molar-refractivity contribution in [3.05, 3.63) is 67.6 Å². The molecule has 0 amide bonds. The Hall–Kier alpha value is -0.910. The fourth-order valence-corrected chi connectivity index (χ4v) is 3.59. The van der Waals surface area contributed by atoms with Gasteiger partial charge >= 0.3 is 0 Å². The third-order valence-corrected chi connectivity index (χ3v) is 5.74. The van der Waals surface area contributed by atoms with Gasteiger partial charge in [0.1, 0.15) is 0 Å². The molecule has 3 rings (SSSR count). The molecule has 0 fully saturated rings. The van der Waals surface area contributed by atoms with E-state index in [0.717, 1.165) is 9.13 Å². The molecule has 1 aromatic heterocycles. The van der Waals surface area contributed by atoms with Crippen LogP contribution in [0.5, 0.6) is 0 Å². The Balaban J connectivity index is 1.90. The SMILES string of the molecule is O=C(Cc1csc2ccccc12)c1ccc(I)c(Cl)c1. The molecule has 0 unspecified atom stereocenters. The molecule has 0 atom stereocenters. The highest BCUT2D eigenvalue weighted by molar-refractivity contribution is 14.1. The molecule has 0 aliphatic rings. The van der Waals surface area contributed by atoms with Crippen LogP contribution in [0.3, 0.4) is 0 Å². The predicted octanol–water partition coefficient (Wildman–Crippen LogP) is 5.58. The van der Waals surface area contributed by atoms with E-state index in [9.17, 15) is 4.79 Å². The molecule has 4 heteroatoms. The number of halogens is 2. The standard InChI is InChI=1S/C16H10ClIOS/c17-13-7-10(5-6-14(13)18)15(19)8-11-9-20-16-4-2-1-3-12(11)16/h1-7,9H,8H2. The second-order valence-corrected chi connectivity index (χ2v) is 6.97. The van der Waals surface area contributed by atoms with Gasteiger partial charge in [-0.2, -0.15) is 0 Å². The minimum atomic E-state index is 0.104. The fourth-order valence-electron chi connectivity index (χ4n) is 2.11. The number of hydrogen-bond donors (Lipinski definition) is 0. The molecular formula is C16H10ClIOS. The molecule has 0 saturated carbocycles. The molecule has 0 bridgehead atoms. The monoisotopic (exact) mass is 412 g/mol. The average molecular weight is 413 g/mol. The summed E-state index contributed by atoms with van der Waals surface area (Å²) in [5.41, 5.74) is 1.76. The van der Waals surface area contributed by atoms with Crippen molar-refractivity contribution in [1.29, 1.82) is 0 Å². The molecule has 0 aliphatic carbocycles. The van der Waals surface area contributed by atoms with E-state index in [-0.39, 0.29) is 5.78 Å². The van der Waals surface area contributed by atoms with Crippen LogP contribution in [0.1, 0.15) is 15.9 Å². The Morgan fingerprint density at radius 3 is 2.80 bits per heavy atom. The van der Waals surface area contributed by atoms with Crippen molar-refractivity contribution < 1.29 is 4.79 Å². The highest BCUT2D eigenvalue weighted by atomic mass is 127. The number of ketones is 1. The number of thiophene rings is 1. The van der Waals surface area contributed by atoms with Crippen molar-refractivity contribution >= 4 is 61.4 Å². The first-order chi connectivity index (χ1) is 9.65. The van der Waals surface area contributed by atoms with Crippen LogP contribution in [0.2, 0.25) is 5.02 Å². The van der Waals surface area contributed by atoms with Gasteiger partial charge in [0.25, 0.3) is 0 Å². The zero-order valence-corrected chi connectivity index (χ0v) is 14.1. The number of carbonyl (C=O) groups excluding carboxylic acids is 1. The van der Waals surface area contributed by atoms with Crippen LogP contribution in [-0.4, -0.2) is 5.78 Å². The summed E-state index contributed by atoms with van der Waals surface area (Å²) in [5.74, 6) is 0.104. The van der Waals surface area contributed by atoms with Crippen LogP contribution in [0.25, 0.3) is 10.1 Å². The normalized spacial score (nSPS) is 10.9. The minimum absolute atomic E-state index is 0.104. The lowest BCUT2D eigenvalue weighted by Crippen LogP contribution is -2.03. The van der Waals surface area contributed by atoms with E-state index in [2.05, 4.69) is 40.1 Å². The average Bonchev–Trinajstić information content (AvgIpc) is 2.85. The lowest BCUT2D eigenvalue weighted by molar-refractivity contribution is 0.0993. The maximum absolute atomic E-state index is 12.4. The summed E-state index contributed by atoms with van der Waals surface area (Å²) in [7, 11) is 0. The van der Waals surface area contributed by atoms with E-state index < -0.39 is 0 Å². The van der Waals surface area contributed by atoms with Crippen molar-refractivity contribution in [3.63, 3.8) is 0 Å². The van der Waals surface area contributed by atoms with Gasteiger partial charge in [-0.05, 0) is 57.1 Å². The lowest BCUT2D eigenvalue weighted by atomic mass is 10.0. The van der Waals surface area contributed by atoms with Crippen LogP contribution < -0.4 is 0 Å². The highest BCUT2D eigenvalue weighted by Crippen LogP contribution is 2.27. The number of rotatable bonds is 3. The van der Waals surface area contributed by atoms with Crippen molar-refractivity contribution in [1.82, 2.24) is 0 Å². The second kappa shape index (κ2) is 5.84. The summed E-state index contributed by atoms with van der Waals surface area (Å²) in [6.07, 6.45) is 0.418. The summed E-state index contributed by atoms with van der Waals surface area (Å²) in [4.78, 5) is 12.4. The van der Waals surface area contributed by atoms with Gasteiger partial charge in [-0.3, -0.25) is 4.79 Å². The van der Waals surface area contributed by atoms with Crippen LogP contribution in [0.4, 0.5) is 0 Å². The Labute approximate surface area is 139 Å². The zero-order chi connectivity index (χ0) is 14.1. The summed E-state index contributed by atoms with van der Waals surface area (Å²) in [5, 5.41) is 3.87. The van der Waals surface area contributed by atoms with Crippen molar-refractivity contribution in [2.45, 2.75) is 6.42 Å². The molecule has 0 aliphatic heterocycles. The van der Waals surface area contributed by atoms with Gasteiger partial charge in [0.05, 0.1) is 5.02 Å². The number of Topliss-reactive ketones (excluding diaryl/α,β-unsaturated/α-hetero) is 1. The molecular weight excluding hydrogens is 403 g/mol. The summed E-state index contributed by atoms with van der Waals surface area (Å²) in [6.45, 7) is 0. The van der Waals surface area contributed by atoms with E-state index in [1.165, 1.54) is 10.1 Å². The molecule has 20 heavy (non-hydrogen) atoms. The first kappa shape index (κ1) is 14.0. The quantitative estimate of drug-likeness (QED) is 0.405. The summed E-state index contributed by atoms with van der Waals surface area (Å²) >= 11 is 9.91. The van der Waals surface area contributed by atoms with Gasteiger partial charge in [0.15, 0.2) is 5.78 Å². The maximum atomic E-state index is 12.4. The molecule has 100 valence electrons. The van der Waals surface area contributed by atoms with Crippen LogP contribution >= 0.6 is 45.5 Å². The highest BCUT2D eigenvalue weighted by Gasteiger charge is 2.12. The Bertz CT molecular complexity index is 794. The summed E-state index contributed by atoms with van der Waals surface area (Å²) in [6, 6.07) is 13.6. The zero-order valence-electron chi connectivity index (χ0n) is 10.4. The molecule has 0 radical (unpaired) electrons. The van der Waals surface area contributed by atoms with E-state index in [0.29, 0.717) is 17.0 Å². The first-order valence-electron chi connectivity index (χ1n) is 6.08. The van der Waals surface area contributed by atoms with Crippen LogP contribution in [0, 0.1) is 3.57 Å². The van der Waals surface area contributed by atoms with Gasteiger partial charge < -0.3 is 0 Å². The molecule has 0 N–H and O–H groups in total. The van der Waals surface area contributed by atoms with Gasteiger partial charge in [0.2, 0.25) is 0 Å². The minimum Gasteiger partial charge on any atom is -0.294 e. The van der Waals surface area contributed by atoms with E-state index >= 15 is 0 Å². The molecule has 3 aromatic rings. The van der Waals surface area contributed by atoms with E-state index in [1.807, 2.05) is 24.3 Å². The summed E-state index contributed by atoms with van der Waals surface area (Å²) < 4.78 is 2.18. The van der Waals surface area contributed by atoms with E-state index in [4.69, 9.17) is 11.6 Å². The van der Waals surface area contributed by atoms with Gasteiger partial charge in [0, 0.05) is 20.3 Å². The maximum Gasteiger partial charge on any atom is 0.167 e. The van der Waals surface area contributed by atoms with Crippen molar-refractivity contribution in [2.75, 3.05) is 0 Å². The van der Waals surface area contributed by atoms with Crippen molar-refractivity contribution in [3.8, 4) is 0 Å². The number of fused-ring (bicyclic) bond motifs is 1. The second-order valence-electron chi connectivity index (χ2n) is 4.49. The third kappa shape index (κ3) is 2.75. The van der Waals surface area contributed by atoms with Gasteiger partial charge in [-0.15, -0.1) is 11.3 Å². The molecule has 1 heterocycles. The Kier molecular flexibility index (Phi) is 4.10. The van der Waals surface area contributed by atoms with Gasteiger partial charge in [-0.1, -0.05) is 35.9 Å². The third-order valence-electron chi connectivity index (χ3n) is 3.15. The number of carbonyl (C=O) groups is 1. The van der Waals surface area contributed by atoms with Crippen molar-refractivity contribution in [2.24, 2.45) is 0 Å².